The van der Waals surface area contributed by atoms with E-state index in [4.69, 9.17) is 9.47 Å². The van der Waals surface area contributed by atoms with Crippen LogP contribution in [0.4, 0.5) is 8.78 Å². The van der Waals surface area contributed by atoms with Gasteiger partial charge in [-0.3, -0.25) is 0 Å². The average molecular weight is 415 g/mol. The lowest BCUT2D eigenvalue weighted by atomic mass is 9.91. The zero-order valence-electron chi connectivity index (χ0n) is 18.5. The van der Waals surface area contributed by atoms with Gasteiger partial charge in [0.1, 0.15) is 11.6 Å². The minimum atomic E-state index is -1.53. The Morgan fingerprint density at radius 3 is 1.79 bits per heavy atom. The summed E-state index contributed by atoms with van der Waals surface area (Å²) in [6.45, 7) is 2.21. The fourth-order valence-electron chi connectivity index (χ4n) is 3.93. The van der Waals surface area contributed by atoms with Crippen LogP contribution in [0.1, 0.15) is 89.5 Å². The van der Waals surface area contributed by atoms with Crippen molar-refractivity contribution in [2.24, 2.45) is 5.92 Å². The second-order valence-corrected chi connectivity index (χ2v) is 8.02. The smallest absolute Gasteiger partial charge is 0.282 e. The number of benzene rings is 1. The van der Waals surface area contributed by atoms with Gasteiger partial charge in [-0.25, -0.2) is 8.78 Å². The molecule has 1 aromatic carbocycles. The molecule has 0 saturated carbocycles. The zero-order chi connectivity index (χ0) is 21.5. The van der Waals surface area contributed by atoms with Gasteiger partial charge in [-0.05, 0) is 43.4 Å². The van der Waals surface area contributed by atoms with Crippen LogP contribution < -0.4 is 0 Å². The van der Waals surface area contributed by atoms with Gasteiger partial charge in [0.15, 0.2) is 0 Å². The van der Waals surface area contributed by atoms with Crippen molar-refractivity contribution < 1.29 is 23.4 Å². The number of rotatable bonds is 17. The Morgan fingerprint density at radius 2 is 1.28 bits per heavy atom. The number of aliphatic hydroxyl groups is 1. The van der Waals surface area contributed by atoms with E-state index in [1.165, 1.54) is 58.5 Å². The molecule has 0 amide bonds. The van der Waals surface area contributed by atoms with E-state index in [0.29, 0.717) is 12.0 Å². The Labute approximate surface area is 175 Å². The van der Waals surface area contributed by atoms with Gasteiger partial charge >= 0.3 is 0 Å². The molecule has 0 aliphatic heterocycles. The summed E-state index contributed by atoms with van der Waals surface area (Å²) in [6.07, 6.45) is 13.5. The van der Waals surface area contributed by atoms with Gasteiger partial charge in [-0.2, -0.15) is 0 Å². The highest BCUT2D eigenvalue weighted by Crippen LogP contribution is 2.30. The molecule has 29 heavy (non-hydrogen) atoms. The summed E-state index contributed by atoms with van der Waals surface area (Å²) < 4.78 is 37.0. The van der Waals surface area contributed by atoms with E-state index in [0.717, 1.165) is 51.0 Å². The van der Waals surface area contributed by atoms with Crippen LogP contribution in [-0.2, 0) is 15.9 Å². The highest BCUT2D eigenvalue weighted by Gasteiger charge is 2.36. The number of unbranched alkanes of at least 4 members (excludes halogenated alkanes) is 8. The van der Waals surface area contributed by atoms with Gasteiger partial charge < -0.3 is 14.6 Å². The normalized spacial score (nSPS) is 13.0. The first-order valence-corrected chi connectivity index (χ1v) is 11.2. The number of methoxy groups -OCH3 is 2. The van der Waals surface area contributed by atoms with E-state index in [1.54, 1.807) is 0 Å². The van der Waals surface area contributed by atoms with E-state index in [1.807, 2.05) is 0 Å². The van der Waals surface area contributed by atoms with E-state index in [-0.39, 0.29) is 5.92 Å². The molecule has 1 rings (SSSR count). The summed E-state index contributed by atoms with van der Waals surface area (Å²) in [5, 5.41) is 10.6. The SMILES string of the molecule is CCCCCCCCC(CCCCCCc1cc(F)cc(F)c1)C(O)(OC)OC. The second kappa shape index (κ2) is 14.9. The quantitative estimate of drug-likeness (QED) is 0.226. The molecular weight excluding hydrogens is 374 g/mol. The minimum Gasteiger partial charge on any atom is -0.343 e. The van der Waals surface area contributed by atoms with Crippen LogP contribution in [0.3, 0.4) is 0 Å². The van der Waals surface area contributed by atoms with Crippen molar-refractivity contribution in [2.75, 3.05) is 14.2 Å². The van der Waals surface area contributed by atoms with Crippen molar-refractivity contribution in [2.45, 2.75) is 96.4 Å². The topological polar surface area (TPSA) is 38.7 Å². The van der Waals surface area contributed by atoms with Crippen LogP contribution in [0.5, 0.6) is 0 Å². The summed E-state index contributed by atoms with van der Waals surface area (Å²) in [4.78, 5) is 0. The monoisotopic (exact) mass is 414 g/mol. The summed E-state index contributed by atoms with van der Waals surface area (Å²) in [7, 11) is 2.96. The molecule has 0 bridgehead atoms. The Morgan fingerprint density at radius 1 is 0.793 bits per heavy atom. The van der Waals surface area contributed by atoms with Crippen LogP contribution >= 0.6 is 0 Å². The first-order chi connectivity index (χ1) is 13.9. The number of hydrogen-bond donors (Lipinski definition) is 1. The molecule has 0 aliphatic rings. The molecule has 0 heterocycles. The second-order valence-electron chi connectivity index (χ2n) is 8.02. The standard InChI is InChI=1S/C24H40F2O3/c1-4-5-6-7-8-12-15-21(24(27,28-2)29-3)16-13-10-9-11-14-20-17-22(25)19-23(26)18-20/h17-19,21,27H,4-16H2,1-3H3. The molecule has 3 nitrogen and oxygen atoms in total. The predicted molar refractivity (Wildman–Crippen MR) is 114 cm³/mol. The maximum Gasteiger partial charge on any atom is 0.282 e. The highest BCUT2D eigenvalue weighted by molar-refractivity contribution is 5.17. The van der Waals surface area contributed by atoms with E-state index < -0.39 is 17.6 Å². The van der Waals surface area contributed by atoms with Gasteiger partial charge in [0.05, 0.1) is 0 Å². The number of ether oxygens (including phenoxy) is 2. The van der Waals surface area contributed by atoms with Crippen LogP contribution in [0.15, 0.2) is 18.2 Å². The number of aryl methyl sites for hydroxylation is 1. The first kappa shape index (κ1) is 26.0. The van der Waals surface area contributed by atoms with Crippen molar-refractivity contribution in [1.29, 1.82) is 0 Å². The third-order valence-corrected chi connectivity index (χ3v) is 5.70. The van der Waals surface area contributed by atoms with Gasteiger partial charge in [0.25, 0.3) is 5.97 Å². The maximum absolute atomic E-state index is 13.2. The van der Waals surface area contributed by atoms with E-state index >= 15 is 0 Å². The van der Waals surface area contributed by atoms with E-state index in [2.05, 4.69) is 6.92 Å². The molecule has 1 aromatic rings. The molecule has 1 atom stereocenters. The number of hydrogen-bond acceptors (Lipinski definition) is 3. The molecule has 168 valence electrons. The van der Waals surface area contributed by atoms with Crippen molar-refractivity contribution in [1.82, 2.24) is 0 Å². The van der Waals surface area contributed by atoms with Crippen molar-refractivity contribution >= 4 is 0 Å². The minimum absolute atomic E-state index is 0.0546. The lowest BCUT2D eigenvalue weighted by Gasteiger charge is -2.33. The lowest BCUT2D eigenvalue weighted by Crippen LogP contribution is -2.42. The fraction of sp³-hybridized carbons (Fsp3) is 0.750. The maximum atomic E-state index is 13.2. The average Bonchev–Trinajstić information content (AvgIpc) is 2.70. The molecule has 1 unspecified atom stereocenters. The van der Waals surface area contributed by atoms with Gasteiger partial charge in [0.2, 0.25) is 0 Å². The third kappa shape index (κ3) is 10.5. The predicted octanol–water partition coefficient (Wildman–Crippen LogP) is 6.76. The van der Waals surface area contributed by atoms with Crippen molar-refractivity contribution in [3.8, 4) is 0 Å². The molecule has 0 saturated heterocycles. The van der Waals surface area contributed by atoms with Crippen LogP contribution in [-0.4, -0.2) is 25.3 Å². The highest BCUT2D eigenvalue weighted by atomic mass is 19.1. The lowest BCUT2D eigenvalue weighted by molar-refractivity contribution is -0.369. The molecule has 0 aromatic heterocycles. The number of halogens is 2. The van der Waals surface area contributed by atoms with Crippen LogP contribution in [0.25, 0.3) is 0 Å². The van der Waals surface area contributed by atoms with Gasteiger partial charge in [-0.1, -0.05) is 64.7 Å². The van der Waals surface area contributed by atoms with Gasteiger partial charge in [-0.15, -0.1) is 0 Å². The first-order valence-electron chi connectivity index (χ1n) is 11.2. The largest absolute Gasteiger partial charge is 0.343 e. The third-order valence-electron chi connectivity index (χ3n) is 5.70. The summed E-state index contributed by atoms with van der Waals surface area (Å²) >= 11 is 0. The Kier molecular flexibility index (Phi) is 13.3. The Hall–Kier alpha value is -1.04. The van der Waals surface area contributed by atoms with Crippen molar-refractivity contribution in [3.05, 3.63) is 35.4 Å². The molecule has 1 N–H and O–H groups in total. The fourth-order valence-corrected chi connectivity index (χ4v) is 3.93. The molecule has 0 radical (unpaired) electrons. The summed E-state index contributed by atoms with van der Waals surface area (Å²) in [6, 6.07) is 3.70. The van der Waals surface area contributed by atoms with Crippen LogP contribution in [0.2, 0.25) is 0 Å². The molecule has 5 heteroatoms. The Balaban J connectivity index is 2.33. The molecule has 0 spiro atoms. The summed E-state index contributed by atoms with van der Waals surface area (Å²) in [5.74, 6) is -2.62. The molecule has 0 aliphatic carbocycles. The van der Waals surface area contributed by atoms with E-state index in [9.17, 15) is 13.9 Å². The molecular formula is C24H40F2O3. The van der Waals surface area contributed by atoms with Gasteiger partial charge in [0, 0.05) is 26.2 Å². The molecule has 0 fully saturated rings. The van der Waals surface area contributed by atoms with Crippen molar-refractivity contribution in [3.63, 3.8) is 0 Å². The zero-order valence-corrected chi connectivity index (χ0v) is 18.5. The Bertz CT molecular complexity index is 527. The summed E-state index contributed by atoms with van der Waals surface area (Å²) in [5.41, 5.74) is 0.705. The van der Waals surface area contributed by atoms with Crippen LogP contribution in [0, 0.1) is 17.6 Å².